The highest BCUT2D eigenvalue weighted by atomic mass is 19.1. The lowest BCUT2D eigenvalue weighted by molar-refractivity contribution is -0.126. The molecule has 2 aromatic carbocycles. The van der Waals surface area contributed by atoms with Crippen LogP contribution in [0, 0.1) is 11.7 Å². The van der Waals surface area contributed by atoms with Crippen molar-refractivity contribution < 1.29 is 14.2 Å². The largest absolute Gasteiger partial charge is 0.496 e. The summed E-state index contributed by atoms with van der Waals surface area (Å²) in [5.41, 5.74) is 1.18. The first-order valence-electron chi connectivity index (χ1n) is 9.95. The SMILES string of the molecule is COc1ccccc1C1C2CCCCC2(O)CCN1Cc1ccccc1F. The molecule has 2 fully saturated rings. The molecule has 27 heavy (non-hydrogen) atoms. The molecule has 1 aliphatic carbocycles. The molecule has 2 aromatic rings. The third kappa shape index (κ3) is 3.48. The number of hydrogen-bond acceptors (Lipinski definition) is 3. The monoisotopic (exact) mass is 369 g/mol. The zero-order valence-electron chi connectivity index (χ0n) is 15.9. The van der Waals surface area contributed by atoms with E-state index in [9.17, 15) is 9.50 Å². The number of nitrogens with zero attached hydrogens (tertiary/aromatic N) is 1. The summed E-state index contributed by atoms with van der Waals surface area (Å²) in [6.07, 6.45) is 4.81. The Kier molecular flexibility index (Phi) is 5.20. The van der Waals surface area contributed by atoms with Gasteiger partial charge in [0, 0.05) is 36.2 Å². The number of benzene rings is 2. The molecule has 144 valence electrons. The van der Waals surface area contributed by atoms with Crippen molar-refractivity contribution in [2.45, 2.75) is 50.3 Å². The van der Waals surface area contributed by atoms with Gasteiger partial charge in [-0.05, 0) is 31.4 Å². The van der Waals surface area contributed by atoms with Gasteiger partial charge in [-0.15, -0.1) is 0 Å². The molecule has 0 bridgehead atoms. The summed E-state index contributed by atoms with van der Waals surface area (Å²) >= 11 is 0. The van der Waals surface area contributed by atoms with Crippen molar-refractivity contribution in [2.75, 3.05) is 13.7 Å². The minimum atomic E-state index is -0.629. The van der Waals surface area contributed by atoms with E-state index in [0.29, 0.717) is 12.1 Å². The normalized spacial score (nSPS) is 28.6. The number of fused-ring (bicyclic) bond motifs is 1. The lowest BCUT2D eigenvalue weighted by Crippen LogP contribution is -2.54. The molecule has 3 nitrogen and oxygen atoms in total. The van der Waals surface area contributed by atoms with Crippen molar-refractivity contribution >= 4 is 0 Å². The maximum atomic E-state index is 14.3. The van der Waals surface area contributed by atoms with Crippen LogP contribution >= 0.6 is 0 Å². The van der Waals surface area contributed by atoms with Crippen molar-refractivity contribution in [1.82, 2.24) is 4.90 Å². The van der Waals surface area contributed by atoms with E-state index in [-0.39, 0.29) is 17.8 Å². The molecule has 1 N–H and O–H groups in total. The van der Waals surface area contributed by atoms with Gasteiger partial charge in [0.1, 0.15) is 11.6 Å². The number of likely N-dealkylation sites (tertiary alicyclic amines) is 1. The van der Waals surface area contributed by atoms with Gasteiger partial charge < -0.3 is 9.84 Å². The number of piperidine rings is 1. The number of rotatable bonds is 4. The van der Waals surface area contributed by atoms with Gasteiger partial charge in [0.15, 0.2) is 0 Å². The fraction of sp³-hybridized carbons (Fsp3) is 0.478. The molecule has 1 aliphatic heterocycles. The summed E-state index contributed by atoms with van der Waals surface area (Å²) in [5, 5.41) is 11.4. The van der Waals surface area contributed by atoms with Crippen LogP contribution in [-0.2, 0) is 6.54 Å². The van der Waals surface area contributed by atoms with Crippen LogP contribution in [0.3, 0.4) is 0 Å². The molecule has 1 saturated heterocycles. The first-order valence-corrected chi connectivity index (χ1v) is 9.95. The highest BCUT2D eigenvalue weighted by Gasteiger charge is 2.49. The second-order valence-electron chi connectivity index (χ2n) is 7.95. The zero-order valence-corrected chi connectivity index (χ0v) is 15.9. The minimum Gasteiger partial charge on any atom is -0.496 e. The van der Waals surface area contributed by atoms with Crippen molar-refractivity contribution in [3.05, 3.63) is 65.5 Å². The van der Waals surface area contributed by atoms with Gasteiger partial charge in [0.05, 0.1) is 12.7 Å². The second kappa shape index (κ2) is 7.61. The van der Waals surface area contributed by atoms with Crippen molar-refractivity contribution in [3.63, 3.8) is 0 Å². The van der Waals surface area contributed by atoms with E-state index < -0.39 is 5.60 Å². The first kappa shape index (κ1) is 18.5. The number of methoxy groups -OCH3 is 1. The number of halogens is 1. The molecule has 0 amide bonds. The Labute approximate surface area is 160 Å². The van der Waals surface area contributed by atoms with E-state index in [1.54, 1.807) is 13.2 Å². The summed E-state index contributed by atoms with van der Waals surface area (Å²) in [4.78, 5) is 2.33. The van der Waals surface area contributed by atoms with Crippen LogP contribution < -0.4 is 4.74 Å². The Hall–Kier alpha value is -1.91. The third-order valence-corrected chi connectivity index (χ3v) is 6.46. The molecular weight excluding hydrogens is 341 g/mol. The van der Waals surface area contributed by atoms with Crippen LogP contribution in [0.5, 0.6) is 5.75 Å². The van der Waals surface area contributed by atoms with Gasteiger partial charge >= 0.3 is 0 Å². The predicted molar refractivity (Wildman–Crippen MR) is 104 cm³/mol. The predicted octanol–water partition coefficient (Wildman–Crippen LogP) is 4.70. The van der Waals surface area contributed by atoms with E-state index in [4.69, 9.17) is 4.74 Å². The van der Waals surface area contributed by atoms with Crippen LogP contribution in [-0.4, -0.2) is 29.3 Å². The quantitative estimate of drug-likeness (QED) is 0.848. The molecule has 4 rings (SSSR count). The van der Waals surface area contributed by atoms with Crippen molar-refractivity contribution in [2.24, 2.45) is 5.92 Å². The fourth-order valence-corrected chi connectivity index (χ4v) is 5.09. The van der Waals surface area contributed by atoms with Gasteiger partial charge in [0.2, 0.25) is 0 Å². The van der Waals surface area contributed by atoms with E-state index in [0.717, 1.165) is 50.0 Å². The third-order valence-electron chi connectivity index (χ3n) is 6.46. The number of hydrogen-bond donors (Lipinski definition) is 1. The van der Waals surface area contributed by atoms with Gasteiger partial charge in [0.25, 0.3) is 0 Å². The molecule has 0 aromatic heterocycles. The average Bonchev–Trinajstić information content (AvgIpc) is 2.69. The van der Waals surface area contributed by atoms with Crippen LogP contribution in [0.25, 0.3) is 0 Å². The highest BCUT2D eigenvalue weighted by Crippen LogP contribution is 2.51. The number of ether oxygens (including phenoxy) is 1. The molecule has 3 unspecified atom stereocenters. The maximum Gasteiger partial charge on any atom is 0.127 e. The lowest BCUT2D eigenvalue weighted by Gasteiger charge is -2.53. The number of aliphatic hydroxyl groups is 1. The first-order chi connectivity index (χ1) is 13.1. The summed E-state index contributed by atoms with van der Waals surface area (Å²) < 4.78 is 20.0. The van der Waals surface area contributed by atoms with E-state index >= 15 is 0 Å². The zero-order chi connectivity index (χ0) is 18.9. The topological polar surface area (TPSA) is 32.7 Å². The summed E-state index contributed by atoms with van der Waals surface area (Å²) in [6, 6.07) is 15.1. The highest BCUT2D eigenvalue weighted by molar-refractivity contribution is 5.37. The Morgan fingerprint density at radius 2 is 1.89 bits per heavy atom. The van der Waals surface area contributed by atoms with Gasteiger partial charge in [-0.3, -0.25) is 4.90 Å². The van der Waals surface area contributed by atoms with Crippen molar-refractivity contribution in [3.8, 4) is 5.75 Å². The van der Waals surface area contributed by atoms with E-state index in [1.165, 1.54) is 6.07 Å². The Morgan fingerprint density at radius 3 is 2.70 bits per heavy atom. The summed E-state index contributed by atoms with van der Waals surface area (Å²) in [6.45, 7) is 1.30. The second-order valence-corrected chi connectivity index (χ2v) is 7.95. The average molecular weight is 369 g/mol. The smallest absolute Gasteiger partial charge is 0.127 e. The molecule has 1 saturated carbocycles. The van der Waals surface area contributed by atoms with Gasteiger partial charge in [-0.25, -0.2) is 4.39 Å². The standard InChI is InChI=1S/C23H28FNO2/c1-27-21-12-5-3-9-18(21)22-19-10-6-7-13-23(19,26)14-15-25(22)16-17-8-2-4-11-20(17)24/h2-5,8-9,11-12,19,22,26H,6-7,10,13-16H2,1H3. The van der Waals surface area contributed by atoms with E-state index in [1.807, 2.05) is 30.3 Å². The summed E-state index contributed by atoms with van der Waals surface area (Å²) in [5.74, 6) is 0.819. The molecule has 3 atom stereocenters. The maximum absolute atomic E-state index is 14.3. The Bertz CT molecular complexity index is 795. The molecule has 0 spiro atoms. The molecule has 0 radical (unpaired) electrons. The molecule has 2 aliphatic rings. The summed E-state index contributed by atoms with van der Waals surface area (Å²) in [7, 11) is 1.69. The Balaban J connectivity index is 1.74. The lowest BCUT2D eigenvalue weighted by atomic mass is 9.66. The molecule has 1 heterocycles. The van der Waals surface area contributed by atoms with E-state index in [2.05, 4.69) is 11.0 Å². The van der Waals surface area contributed by atoms with Crippen LogP contribution in [0.1, 0.15) is 49.3 Å². The molecule has 4 heteroatoms. The minimum absolute atomic E-state index is 0.0276. The number of para-hydroxylation sites is 1. The van der Waals surface area contributed by atoms with Crippen LogP contribution in [0.4, 0.5) is 4.39 Å². The fourth-order valence-electron chi connectivity index (χ4n) is 5.09. The van der Waals surface area contributed by atoms with Crippen molar-refractivity contribution in [1.29, 1.82) is 0 Å². The van der Waals surface area contributed by atoms with Crippen LogP contribution in [0.15, 0.2) is 48.5 Å². The Morgan fingerprint density at radius 1 is 1.11 bits per heavy atom. The molecular formula is C23H28FNO2. The van der Waals surface area contributed by atoms with Crippen LogP contribution in [0.2, 0.25) is 0 Å². The van der Waals surface area contributed by atoms with Gasteiger partial charge in [-0.2, -0.15) is 0 Å². The van der Waals surface area contributed by atoms with Gasteiger partial charge in [-0.1, -0.05) is 49.2 Å².